The summed E-state index contributed by atoms with van der Waals surface area (Å²) in [7, 11) is 0. The van der Waals surface area contributed by atoms with Crippen LogP contribution in [0.25, 0.3) is 0 Å². The molecule has 1 aromatic rings. The topological polar surface area (TPSA) is 47.3 Å². The number of aryl methyl sites for hydroxylation is 1. The third-order valence-electron chi connectivity index (χ3n) is 4.12. The summed E-state index contributed by atoms with van der Waals surface area (Å²) in [6.45, 7) is 5.25. The predicted molar refractivity (Wildman–Crippen MR) is 78.6 cm³/mol. The van der Waals surface area contributed by atoms with Gasteiger partial charge in [0.1, 0.15) is 0 Å². The second kappa shape index (κ2) is 7.04. The van der Waals surface area contributed by atoms with E-state index in [0.29, 0.717) is 12.0 Å². The Morgan fingerprint density at radius 3 is 2.95 bits per heavy atom. The molecule has 19 heavy (non-hydrogen) atoms. The van der Waals surface area contributed by atoms with E-state index in [2.05, 4.69) is 43.5 Å². The molecule has 0 amide bonds. The lowest BCUT2D eigenvalue weighted by atomic mass is 9.86. The van der Waals surface area contributed by atoms with Crippen LogP contribution in [0.1, 0.15) is 50.3 Å². The van der Waals surface area contributed by atoms with Crippen LogP contribution < -0.4 is 11.3 Å². The summed E-state index contributed by atoms with van der Waals surface area (Å²) < 4.78 is 5.80. The number of nitrogens with one attached hydrogen (secondary N) is 1. The smallest absolute Gasteiger partial charge is 0.0620 e. The predicted octanol–water partition coefficient (Wildman–Crippen LogP) is 2.96. The summed E-state index contributed by atoms with van der Waals surface area (Å²) in [5, 5.41) is 0. The number of benzene rings is 1. The van der Waals surface area contributed by atoms with Crippen molar-refractivity contribution in [2.75, 3.05) is 6.61 Å². The largest absolute Gasteiger partial charge is 0.378 e. The number of nitrogens with two attached hydrogens (primary N) is 1. The first-order chi connectivity index (χ1) is 9.30. The summed E-state index contributed by atoms with van der Waals surface area (Å²) in [6, 6.07) is 9.00. The van der Waals surface area contributed by atoms with Gasteiger partial charge in [-0.15, -0.1) is 0 Å². The van der Waals surface area contributed by atoms with E-state index >= 15 is 0 Å². The van der Waals surface area contributed by atoms with Crippen LogP contribution in [0.3, 0.4) is 0 Å². The second-order valence-electron chi connectivity index (χ2n) is 5.41. The SMILES string of the molecule is CCCc1cccc(C(NN)C2CCOC2CC)c1. The molecule has 106 valence electrons. The summed E-state index contributed by atoms with van der Waals surface area (Å²) in [5.41, 5.74) is 5.70. The average molecular weight is 262 g/mol. The monoisotopic (exact) mass is 262 g/mol. The van der Waals surface area contributed by atoms with Crippen molar-refractivity contribution in [3.63, 3.8) is 0 Å². The fourth-order valence-electron chi connectivity index (χ4n) is 3.16. The van der Waals surface area contributed by atoms with Gasteiger partial charge in [0.25, 0.3) is 0 Å². The van der Waals surface area contributed by atoms with E-state index in [1.165, 1.54) is 17.5 Å². The van der Waals surface area contributed by atoms with Crippen molar-refractivity contribution in [2.24, 2.45) is 11.8 Å². The number of ether oxygens (including phenoxy) is 1. The second-order valence-corrected chi connectivity index (χ2v) is 5.41. The lowest BCUT2D eigenvalue weighted by Crippen LogP contribution is -2.36. The molecule has 3 N–H and O–H groups in total. The first-order valence-electron chi connectivity index (χ1n) is 7.46. The standard InChI is InChI=1S/C16H26N2O/c1-3-6-12-7-5-8-13(11-12)16(18-17)14-9-10-19-15(14)4-2/h5,7-8,11,14-16,18H,3-4,6,9-10,17H2,1-2H3. The van der Waals surface area contributed by atoms with Crippen LogP contribution in [0.15, 0.2) is 24.3 Å². The molecule has 3 atom stereocenters. The van der Waals surface area contributed by atoms with Crippen LogP contribution in [0.5, 0.6) is 0 Å². The number of hydrogen-bond acceptors (Lipinski definition) is 3. The molecule has 0 saturated carbocycles. The van der Waals surface area contributed by atoms with Gasteiger partial charge in [0.15, 0.2) is 0 Å². The Bertz CT molecular complexity index is 394. The van der Waals surface area contributed by atoms with E-state index in [4.69, 9.17) is 10.6 Å². The fourth-order valence-corrected chi connectivity index (χ4v) is 3.16. The third kappa shape index (κ3) is 3.35. The van der Waals surface area contributed by atoms with Crippen LogP contribution in [0.2, 0.25) is 0 Å². The van der Waals surface area contributed by atoms with E-state index in [0.717, 1.165) is 25.9 Å². The van der Waals surface area contributed by atoms with Crippen LogP contribution in [0.4, 0.5) is 0 Å². The average Bonchev–Trinajstić information content (AvgIpc) is 2.89. The highest BCUT2D eigenvalue weighted by Crippen LogP contribution is 2.34. The zero-order valence-corrected chi connectivity index (χ0v) is 12.1. The molecule has 2 rings (SSSR count). The van der Waals surface area contributed by atoms with E-state index in [1.807, 2.05) is 0 Å². The van der Waals surface area contributed by atoms with Gasteiger partial charge in [-0.2, -0.15) is 0 Å². The molecule has 0 aliphatic carbocycles. The highest BCUT2D eigenvalue weighted by molar-refractivity contribution is 5.27. The highest BCUT2D eigenvalue weighted by atomic mass is 16.5. The maximum absolute atomic E-state index is 5.82. The maximum atomic E-state index is 5.82. The van der Waals surface area contributed by atoms with Crippen LogP contribution >= 0.6 is 0 Å². The molecular formula is C16H26N2O. The fraction of sp³-hybridized carbons (Fsp3) is 0.625. The van der Waals surface area contributed by atoms with Crippen molar-refractivity contribution < 1.29 is 4.74 Å². The summed E-state index contributed by atoms with van der Waals surface area (Å²) >= 11 is 0. The van der Waals surface area contributed by atoms with Crippen molar-refractivity contribution in [1.82, 2.24) is 5.43 Å². The van der Waals surface area contributed by atoms with Gasteiger partial charge < -0.3 is 4.74 Å². The van der Waals surface area contributed by atoms with Gasteiger partial charge in [0.2, 0.25) is 0 Å². The Balaban J connectivity index is 2.18. The van der Waals surface area contributed by atoms with Gasteiger partial charge in [-0.3, -0.25) is 11.3 Å². The van der Waals surface area contributed by atoms with Gasteiger partial charge >= 0.3 is 0 Å². The Labute approximate surface area is 116 Å². The van der Waals surface area contributed by atoms with Gasteiger partial charge in [-0.1, -0.05) is 44.5 Å². The molecule has 1 aliphatic heterocycles. The van der Waals surface area contributed by atoms with Gasteiger partial charge in [-0.05, 0) is 30.4 Å². The van der Waals surface area contributed by atoms with Crippen LogP contribution in [-0.4, -0.2) is 12.7 Å². The first-order valence-corrected chi connectivity index (χ1v) is 7.46. The molecule has 1 saturated heterocycles. The zero-order chi connectivity index (χ0) is 13.7. The Hall–Kier alpha value is -0.900. The molecule has 3 heteroatoms. The molecule has 0 spiro atoms. The number of hydrazine groups is 1. The van der Waals surface area contributed by atoms with E-state index in [-0.39, 0.29) is 6.04 Å². The van der Waals surface area contributed by atoms with Crippen LogP contribution in [0, 0.1) is 5.92 Å². The molecule has 0 bridgehead atoms. The minimum atomic E-state index is 0.198. The molecule has 3 nitrogen and oxygen atoms in total. The van der Waals surface area contributed by atoms with Gasteiger partial charge in [0, 0.05) is 12.5 Å². The highest BCUT2D eigenvalue weighted by Gasteiger charge is 2.33. The quantitative estimate of drug-likeness (QED) is 0.612. The van der Waals surface area contributed by atoms with Crippen molar-refractivity contribution in [2.45, 2.75) is 51.7 Å². The molecule has 1 aliphatic rings. The summed E-state index contributed by atoms with van der Waals surface area (Å²) in [5.74, 6) is 6.30. The Kier molecular flexibility index (Phi) is 5.37. The molecule has 1 heterocycles. The maximum Gasteiger partial charge on any atom is 0.0620 e. The molecule has 3 unspecified atom stereocenters. The zero-order valence-electron chi connectivity index (χ0n) is 12.1. The lowest BCUT2D eigenvalue weighted by Gasteiger charge is -2.27. The normalized spacial score (nSPS) is 24.6. The van der Waals surface area contributed by atoms with Crippen molar-refractivity contribution in [3.05, 3.63) is 35.4 Å². The molecule has 0 aromatic heterocycles. The molecule has 1 fully saturated rings. The number of rotatable bonds is 6. The number of hydrogen-bond donors (Lipinski definition) is 2. The molecular weight excluding hydrogens is 236 g/mol. The molecule has 0 radical (unpaired) electrons. The summed E-state index contributed by atoms with van der Waals surface area (Å²) in [6.07, 6.45) is 4.77. The third-order valence-corrected chi connectivity index (χ3v) is 4.12. The Morgan fingerprint density at radius 2 is 2.26 bits per heavy atom. The van der Waals surface area contributed by atoms with Gasteiger partial charge in [-0.25, -0.2) is 0 Å². The minimum absolute atomic E-state index is 0.198. The summed E-state index contributed by atoms with van der Waals surface area (Å²) in [4.78, 5) is 0. The van der Waals surface area contributed by atoms with Crippen molar-refractivity contribution in [1.29, 1.82) is 0 Å². The lowest BCUT2D eigenvalue weighted by molar-refractivity contribution is 0.0774. The van der Waals surface area contributed by atoms with E-state index in [9.17, 15) is 0 Å². The van der Waals surface area contributed by atoms with E-state index < -0.39 is 0 Å². The van der Waals surface area contributed by atoms with Crippen molar-refractivity contribution >= 4 is 0 Å². The first kappa shape index (κ1) is 14.5. The van der Waals surface area contributed by atoms with Gasteiger partial charge in [0.05, 0.1) is 12.1 Å². The Morgan fingerprint density at radius 1 is 1.42 bits per heavy atom. The van der Waals surface area contributed by atoms with Crippen molar-refractivity contribution in [3.8, 4) is 0 Å². The van der Waals surface area contributed by atoms with E-state index in [1.54, 1.807) is 0 Å². The van der Waals surface area contributed by atoms with Crippen LogP contribution in [-0.2, 0) is 11.2 Å². The minimum Gasteiger partial charge on any atom is -0.378 e. The molecule has 1 aromatic carbocycles.